The molecule has 0 saturated carbocycles. The molecule has 2 amide bonds. The Kier molecular flexibility index (Phi) is 11.1. The van der Waals surface area contributed by atoms with E-state index >= 15 is 0 Å². The molecule has 44 heavy (non-hydrogen) atoms. The van der Waals surface area contributed by atoms with Gasteiger partial charge in [-0.2, -0.15) is 0 Å². The third-order valence-electron chi connectivity index (χ3n) is 7.31. The fourth-order valence-electron chi connectivity index (χ4n) is 4.85. The van der Waals surface area contributed by atoms with Gasteiger partial charge in [-0.1, -0.05) is 102 Å². The van der Waals surface area contributed by atoms with Gasteiger partial charge in [0.2, 0.25) is 11.8 Å². The van der Waals surface area contributed by atoms with Crippen LogP contribution in [-0.4, -0.2) is 44.3 Å². The number of hydrogen-bond donors (Lipinski definition) is 1. The van der Waals surface area contributed by atoms with Crippen molar-refractivity contribution in [2.24, 2.45) is 0 Å². The van der Waals surface area contributed by atoms with Crippen LogP contribution in [0.1, 0.15) is 29.2 Å². The molecule has 0 bridgehead atoms. The molecule has 0 aliphatic carbocycles. The standard InChI is InChI=1S/C34H35Cl2N3O4S/c1-4-37-34(41)31(21-26-12-6-5-7-13-26)38(22-27-14-9-8-11-25(27)3)32(40)23-39(30-16-10-15-29(35)33(30)36)44(42,43)28-19-17-24(2)18-20-28/h5-20,31H,4,21-23H2,1-3H3,(H,37,41)/t31-/m1/s1. The number of hydrogen-bond acceptors (Lipinski definition) is 4. The highest BCUT2D eigenvalue weighted by Gasteiger charge is 2.35. The van der Waals surface area contributed by atoms with Gasteiger partial charge in [-0.15, -0.1) is 0 Å². The number of nitrogens with one attached hydrogen (secondary N) is 1. The van der Waals surface area contributed by atoms with Crippen LogP contribution in [0.25, 0.3) is 0 Å². The van der Waals surface area contributed by atoms with Gasteiger partial charge >= 0.3 is 0 Å². The molecule has 0 spiro atoms. The molecule has 0 fully saturated rings. The summed E-state index contributed by atoms with van der Waals surface area (Å²) in [6.45, 7) is 5.42. The third kappa shape index (κ3) is 7.80. The first-order valence-corrected chi connectivity index (χ1v) is 16.4. The van der Waals surface area contributed by atoms with Crippen LogP contribution in [-0.2, 0) is 32.6 Å². The first-order chi connectivity index (χ1) is 21.0. The van der Waals surface area contributed by atoms with E-state index in [1.807, 2.05) is 75.4 Å². The number of carbonyl (C=O) groups excluding carboxylic acids is 2. The summed E-state index contributed by atoms with van der Waals surface area (Å²) in [5.74, 6) is -0.917. The molecule has 7 nitrogen and oxygen atoms in total. The van der Waals surface area contributed by atoms with E-state index in [1.165, 1.54) is 23.1 Å². The van der Waals surface area contributed by atoms with E-state index in [0.29, 0.717) is 6.54 Å². The van der Waals surface area contributed by atoms with Crippen LogP contribution in [0.15, 0.2) is 102 Å². The third-order valence-corrected chi connectivity index (χ3v) is 9.89. The second kappa shape index (κ2) is 14.8. The number of rotatable bonds is 12. The summed E-state index contributed by atoms with van der Waals surface area (Å²) in [7, 11) is -4.29. The van der Waals surface area contributed by atoms with E-state index < -0.39 is 28.5 Å². The van der Waals surface area contributed by atoms with Crippen molar-refractivity contribution in [2.75, 3.05) is 17.4 Å². The highest BCUT2D eigenvalue weighted by molar-refractivity contribution is 7.92. The van der Waals surface area contributed by atoms with Gasteiger partial charge in [-0.05, 0) is 61.7 Å². The largest absolute Gasteiger partial charge is 0.355 e. The van der Waals surface area contributed by atoms with Crippen LogP contribution < -0.4 is 9.62 Å². The average Bonchev–Trinajstić information content (AvgIpc) is 3.01. The van der Waals surface area contributed by atoms with Crippen LogP contribution >= 0.6 is 23.2 Å². The Morgan fingerprint density at radius 2 is 1.50 bits per heavy atom. The second-order valence-electron chi connectivity index (χ2n) is 10.4. The molecule has 0 radical (unpaired) electrons. The van der Waals surface area contributed by atoms with Crippen LogP contribution in [0, 0.1) is 13.8 Å². The van der Waals surface area contributed by atoms with E-state index in [9.17, 15) is 18.0 Å². The Balaban J connectivity index is 1.84. The van der Waals surface area contributed by atoms with E-state index in [1.54, 1.807) is 24.3 Å². The molecule has 0 saturated heterocycles. The lowest BCUT2D eigenvalue weighted by Crippen LogP contribution is -2.53. The van der Waals surface area contributed by atoms with Crippen molar-refractivity contribution in [3.05, 3.63) is 129 Å². The first-order valence-electron chi connectivity index (χ1n) is 14.2. The summed E-state index contributed by atoms with van der Waals surface area (Å²) in [5, 5.41) is 3.00. The minimum absolute atomic E-state index is 0.00679. The number of benzene rings is 4. The molecule has 1 atom stereocenters. The summed E-state index contributed by atoms with van der Waals surface area (Å²) >= 11 is 12.9. The molecule has 0 aliphatic heterocycles. The lowest BCUT2D eigenvalue weighted by atomic mass is 10.0. The maximum atomic E-state index is 14.5. The van der Waals surface area contributed by atoms with Crippen molar-refractivity contribution in [1.82, 2.24) is 10.2 Å². The van der Waals surface area contributed by atoms with E-state index in [-0.39, 0.29) is 39.5 Å². The number of nitrogens with zero attached hydrogens (tertiary/aromatic N) is 2. The molecular weight excluding hydrogens is 617 g/mol. The molecule has 0 unspecified atom stereocenters. The SMILES string of the molecule is CCNC(=O)[C@@H](Cc1ccccc1)N(Cc1ccccc1C)C(=O)CN(c1cccc(Cl)c1Cl)S(=O)(=O)c1ccc(C)cc1. The van der Waals surface area contributed by atoms with Crippen molar-refractivity contribution in [1.29, 1.82) is 0 Å². The molecule has 10 heteroatoms. The Bertz CT molecular complexity index is 1710. The minimum atomic E-state index is -4.29. The van der Waals surface area contributed by atoms with Crippen molar-refractivity contribution >= 4 is 50.7 Å². The minimum Gasteiger partial charge on any atom is -0.355 e. The second-order valence-corrected chi connectivity index (χ2v) is 13.1. The van der Waals surface area contributed by atoms with Crippen LogP contribution in [0.2, 0.25) is 10.0 Å². The van der Waals surface area contributed by atoms with Crippen LogP contribution in [0.3, 0.4) is 0 Å². The Hall–Kier alpha value is -3.85. The molecule has 230 valence electrons. The maximum Gasteiger partial charge on any atom is 0.264 e. The predicted octanol–water partition coefficient (Wildman–Crippen LogP) is 6.58. The quantitative estimate of drug-likeness (QED) is 0.187. The van der Waals surface area contributed by atoms with E-state index in [2.05, 4.69) is 5.32 Å². The van der Waals surface area contributed by atoms with Crippen LogP contribution in [0.4, 0.5) is 5.69 Å². The molecule has 1 N–H and O–H groups in total. The van der Waals surface area contributed by atoms with Crippen molar-refractivity contribution in [2.45, 2.75) is 44.7 Å². The summed E-state index contributed by atoms with van der Waals surface area (Å²) in [6, 6.07) is 27.0. The Labute approximate surface area is 269 Å². The van der Waals surface area contributed by atoms with Crippen molar-refractivity contribution in [3.63, 3.8) is 0 Å². The summed E-state index contributed by atoms with van der Waals surface area (Å²) in [6.07, 6.45) is 0.229. The number of carbonyl (C=O) groups is 2. The lowest BCUT2D eigenvalue weighted by molar-refractivity contribution is -0.140. The number of amides is 2. The highest BCUT2D eigenvalue weighted by Crippen LogP contribution is 2.35. The number of halogens is 2. The molecule has 4 aromatic rings. The zero-order valence-corrected chi connectivity index (χ0v) is 27.2. The molecular formula is C34H35Cl2N3O4S. The fourth-order valence-corrected chi connectivity index (χ4v) is 6.73. The van der Waals surface area contributed by atoms with Gasteiger partial charge < -0.3 is 10.2 Å². The zero-order valence-electron chi connectivity index (χ0n) is 24.8. The van der Waals surface area contributed by atoms with Crippen LogP contribution in [0.5, 0.6) is 0 Å². The van der Waals surface area contributed by atoms with Gasteiger partial charge in [-0.3, -0.25) is 13.9 Å². The number of anilines is 1. The van der Waals surface area contributed by atoms with Gasteiger partial charge in [-0.25, -0.2) is 8.42 Å². The maximum absolute atomic E-state index is 14.5. The van der Waals surface area contributed by atoms with Crippen molar-refractivity contribution < 1.29 is 18.0 Å². The number of likely N-dealkylation sites (N-methyl/N-ethyl adjacent to an activating group) is 1. The van der Waals surface area contributed by atoms with Gasteiger partial charge in [0.05, 0.1) is 20.6 Å². The normalized spacial score (nSPS) is 11.9. The summed E-state index contributed by atoms with van der Waals surface area (Å²) in [5.41, 5.74) is 3.55. The monoisotopic (exact) mass is 651 g/mol. The summed E-state index contributed by atoms with van der Waals surface area (Å²) in [4.78, 5) is 29.5. The molecule has 0 aliphatic rings. The Morgan fingerprint density at radius 1 is 0.841 bits per heavy atom. The molecule has 0 heterocycles. The highest BCUT2D eigenvalue weighted by atomic mass is 35.5. The number of aryl methyl sites for hydroxylation is 2. The topological polar surface area (TPSA) is 86.8 Å². The van der Waals surface area contributed by atoms with Gasteiger partial charge in [0.25, 0.3) is 10.0 Å². The molecule has 4 rings (SSSR count). The molecule has 0 aromatic heterocycles. The van der Waals surface area contributed by atoms with Gasteiger partial charge in [0.15, 0.2) is 0 Å². The predicted molar refractivity (Wildman–Crippen MR) is 177 cm³/mol. The van der Waals surface area contributed by atoms with Crippen molar-refractivity contribution in [3.8, 4) is 0 Å². The van der Waals surface area contributed by atoms with Gasteiger partial charge in [0, 0.05) is 19.5 Å². The molecule has 4 aromatic carbocycles. The smallest absolute Gasteiger partial charge is 0.264 e. The van der Waals surface area contributed by atoms with E-state index in [0.717, 1.165) is 26.6 Å². The van der Waals surface area contributed by atoms with E-state index in [4.69, 9.17) is 23.2 Å². The Morgan fingerprint density at radius 3 is 2.16 bits per heavy atom. The van der Waals surface area contributed by atoms with Gasteiger partial charge in [0.1, 0.15) is 12.6 Å². The summed E-state index contributed by atoms with van der Waals surface area (Å²) < 4.78 is 29.3. The fraction of sp³-hybridized carbons (Fsp3) is 0.235. The first kappa shape index (κ1) is 33.1. The number of sulfonamides is 1. The lowest BCUT2D eigenvalue weighted by Gasteiger charge is -2.34. The zero-order chi connectivity index (χ0) is 31.9. The average molecular weight is 653 g/mol.